The summed E-state index contributed by atoms with van der Waals surface area (Å²) in [4.78, 5) is 21.6. The van der Waals surface area contributed by atoms with Crippen molar-refractivity contribution in [3.63, 3.8) is 0 Å². The Balaban J connectivity index is 1.88. The molecule has 112 valence electrons. The van der Waals surface area contributed by atoms with E-state index in [0.29, 0.717) is 11.3 Å². The van der Waals surface area contributed by atoms with Crippen LogP contribution in [0.3, 0.4) is 0 Å². The quantitative estimate of drug-likeness (QED) is 0.521. The smallest absolute Gasteiger partial charge is 0.401 e. The lowest BCUT2D eigenvalue weighted by molar-refractivity contribution is -0.402. The number of aryl methyl sites for hydroxylation is 1. The summed E-state index contributed by atoms with van der Waals surface area (Å²) in [5, 5.41) is 14.2. The van der Waals surface area contributed by atoms with Crippen molar-refractivity contribution >= 4 is 24.1 Å². The highest BCUT2D eigenvalue weighted by atomic mass is 16.6. The van der Waals surface area contributed by atoms with Crippen LogP contribution in [0.2, 0.25) is 0 Å². The molecule has 0 unspecified atom stereocenters. The van der Waals surface area contributed by atoms with E-state index in [4.69, 9.17) is 4.42 Å². The van der Waals surface area contributed by atoms with E-state index in [1.54, 1.807) is 18.2 Å². The lowest BCUT2D eigenvalue weighted by atomic mass is 10.1. The highest BCUT2D eigenvalue weighted by Crippen LogP contribution is 2.16. The van der Waals surface area contributed by atoms with E-state index in [-0.39, 0.29) is 11.8 Å². The first-order valence-electron chi connectivity index (χ1n) is 6.37. The van der Waals surface area contributed by atoms with Gasteiger partial charge in [-0.2, -0.15) is 5.10 Å². The van der Waals surface area contributed by atoms with Gasteiger partial charge in [-0.15, -0.1) is 0 Å². The number of amides is 1. The van der Waals surface area contributed by atoms with E-state index in [1.807, 2.05) is 13.0 Å². The highest BCUT2D eigenvalue weighted by molar-refractivity contribution is 5.94. The van der Waals surface area contributed by atoms with E-state index in [0.717, 1.165) is 5.56 Å². The number of hydrogen-bond acceptors (Lipinski definition) is 5. The van der Waals surface area contributed by atoms with Gasteiger partial charge >= 0.3 is 5.88 Å². The van der Waals surface area contributed by atoms with Gasteiger partial charge in [0.05, 0.1) is 6.07 Å². The number of furan rings is 1. The van der Waals surface area contributed by atoms with Crippen LogP contribution in [0.15, 0.2) is 52.0 Å². The fourth-order valence-corrected chi connectivity index (χ4v) is 1.66. The second-order valence-corrected chi connectivity index (χ2v) is 4.38. The van der Waals surface area contributed by atoms with Crippen molar-refractivity contribution in [1.29, 1.82) is 0 Å². The number of nitrogens with one attached hydrogen (secondary N) is 1. The van der Waals surface area contributed by atoms with Crippen LogP contribution in [0.5, 0.6) is 0 Å². The molecule has 0 aliphatic rings. The standard InChI is InChI=1S/C15H13N3O4/c1-11-4-2-5-12(10-11)15(19)17-16-9-3-6-13-7-8-14(22-13)18(20)21/h2-10H,1H3,(H,17,19). The molecule has 22 heavy (non-hydrogen) atoms. The molecule has 0 bridgehead atoms. The van der Waals surface area contributed by atoms with Crippen LogP contribution in [0.4, 0.5) is 5.88 Å². The van der Waals surface area contributed by atoms with Crippen molar-refractivity contribution in [3.05, 3.63) is 69.5 Å². The number of carbonyl (C=O) groups is 1. The maximum absolute atomic E-state index is 11.8. The van der Waals surface area contributed by atoms with Crippen molar-refractivity contribution in [3.8, 4) is 0 Å². The molecule has 0 saturated heterocycles. The van der Waals surface area contributed by atoms with E-state index < -0.39 is 4.92 Å². The van der Waals surface area contributed by atoms with Gasteiger partial charge in [0.1, 0.15) is 10.7 Å². The minimum atomic E-state index is -0.618. The zero-order chi connectivity index (χ0) is 15.9. The molecule has 1 aromatic carbocycles. The molecule has 1 amide bonds. The van der Waals surface area contributed by atoms with Gasteiger partial charge in [0.2, 0.25) is 0 Å². The number of hydrogen-bond donors (Lipinski definition) is 1. The fourth-order valence-electron chi connectivity index (χ4n) is 1.66. The van der Waals surface area contributed by atoms with E-state index >= 15 is 0 Å². The Kier molecular flexibility index (Phi) is 4.81. The van der Waals surface area contributed by atoms with Gasteiger partial charge in [-0.3, -0.25) is 14.9 Å². The van der Waals surface area contributed by atoms with Crippen molar-refractivity contribution in [2.45, 2.75) is 6.92 Å². The van der Waals surface area contributed by atoms with Crippen LogP contribution >= 0.6 is 0 Å². The van der Waals surface area contributed by atoms with Crippen molar-refractivity contribution in [2.24, 2.45) is 5.10 Å². The van der Waals surface area contributed by atoms with Gasteiger partial charge in [0.25, 0.3) is 5.91 Å². The number of hydrazone groups is 1. The summed E-state index contributed by atoms with van der Waals surface area (Å²) in [5.74, 6) is -0.325. The average molecular weight is 299 g/mol. The second kappa shape index (κ2) is 6.98. The third kappa shape index (κ3) is 4.14. The van der Waals surface area contributed by atoms with Crippen LogP contribution in [0.25, 0.3) is 6.08 Å². The molecule has 0 radical (unpaired) electrons. The predicted molar refractivity (Wildman–Crippen MR) is 81.5 cm³/mol. The van der Waals surface area contributed by atoms with Crippen molar-refractivity contribution in [1.82, 2.24) is 5.43 Å². The Morgan fingerprint density at radius 2 is 2.18 bits per heavy atom. The molecule has 0 spiro atoms. The molecule has 0 fully saturated rings. The summed E-state index contributed by atoms with van der Waals surface area (Å²) in [6, 6.07) is 9.85. The van der Waals surface area contributed by atoms with Crippen LogP contribution in [-0.2, 0) is 0 Å². The number of allylic oxidation sites excluding steroid dienone is 1. The second-order valence-electron chi connectivity index (χ2n) is 4.38. The lowest BCUT2D eigenvalue weighted by Crippen LogP contribution is -2.17. The summed E-state index contributed by atoms with van der Waals surface area (Å²) in [7, 11) is 0. The van der Waals surface area contributed by atoms with Crippen LogP contribution < -0.4 is 5.43 Å². The molecule has 1 aromatic heterocycles. The van der Waals surface area contributed by atoms with Gasteiger partial charge in [-0.25, -0.2) is 5.43 Å². The third-order valence-electron chi connectivity index (χ3n) is 2.66. The third-order valence-corrected chi connectivity index (χ3v) is 2.66. The van der Waals surface area contributed by atoms with Gasteiger partial charge in [0, 0.05) is 11.8 Å². The molecule has 0 saturated carbocycles. The predicted octanol–water partition coefficient (Wildman–Crippen LogP) is 2.93. The van der Waals surface area contributed by atoms with Crippen molar-refractivity contribution in [2.75, 3.05) is 0 Å². The maximum atomic E-state index is 11.8. The summed E-state index contributed by atoms with van der Waals surface area (Å²) in [6.45, 7) is 1.89. The number of benzene rings is 1. The maximum Gasteiger partial charge on any atom is 0.433 e. The van der Waals surface area contributed by atoms with Gasteiger partial charge in [0.15, 0.2) is 0 Å². The lowest BCUT2D eigenvalue weighted by Gasteiger charge is -1.99. The topological polar surface area (TPSA) is 97.7 Å². The normalized spacial score (nSPS) is 11.1. The largest absolute Gasteiger partial charge is 0.433 e. The van der Waals surface area contributed by atoms with Crippen LogP contribution in [0.1, 0.15) is 21.7 Å². The molecule has 7 heteroatoms. The number of carbonyl (C=O) groups excluding carboxylic acids is 1. The van der Waals surface area contributed by atoms with Gasteiger partial charge in [-0.1, -0.05) is 17.7 Å². The van der Waals surface area contributed by atoms with Crippen molar-refractivity contribution < 1.29 is 14.1 Å². The Morgan fingerprint density at radius 1 is 1.36 bits per heavy atom. The first kappa shape index (κ1) is 15.2. The summed E-state index contributed by atoms with van der Waals surface area (Å²) < 4.78 is 4.92. The Bertz CT molecular complexity index is 747. The van der Waals surface area contributed by atoms with E-state index in [2.05, 4.69) is 10.5 Å². The zero-order valence-corrected chi connectivity index (χ0v) is 11.7. The van der Waals surface area contributed by atoms with Gasteiger partial charge < -0.3 is 4.42 Å². The first-order valence-corrected chi connectivity index (χ1v) is 6.37. The monoisotopic (exact) mass is 299 g/mol. The molecule has 7 nitrogen and oxygen atoms in total. The van der Waals surface area contributed by atoms with Gasteiger partial charge in [-0.05, 0) is 37.3 Å². The Morgan fingerprint density at radius 3 is 2.86 bits per heavy atom. The fraction of sp³-hybridized carbons (Fsp3) is 0.0667. The average Bonchev–Trinajstić information content (AvgIpc) is 2.96. The summed E-state index contributed by atoms with van der Waals surface area (Å²) in [5.41, 5.74) is 3.88. The summed E-state index contributed by atoms with van der Waals surface area (Å²) in [6.07, 6.45) is 4.34. The highest BCUT2D eigenvalue weighted by Gasteiger charge is 2.09. The van der Waals surface area contributed by atoms with Crippen LogP contribution in [0, 0.1) is 17.0 Å². The summed E-state index contributed by atoms with van der Waals surface area (Å²) >= 11 is 0. The molecule has 1 heterocycles. The molecule has 0 atom stereocenters. The number of rotatable bonds is 5. The molecule has 2 aromatic rings. The Labute approximate surface area is 126 Å². The Hall–Kier alpha value is -3.22. The van der Waals surface area contributed by atoms with E-state index in [9.17, 15) is 14.9 Å². The number of nitrogens with zero attached hydrogens (tertiary/aromatic N) is 2. The SMILES string of the molecule is Cc1cccc(C(=O)NN=CC=Cc2ccc([N+](=O)[O-])o2)c1. The zero-order valence-electron chi connectivity index (χ0n) is 11.7. The number of nitro groups is 1. The van der Waals surface area contributed by atoms with E-state index in [1.165, 1.54) is 30.5 Å². The minimum Gasteiger partial charge on any atom is -0.401 e. The molecular formula is C15H13N3O4. The molecule has 2 rings (SSSR count). The molecule has 1 N–H and O–H groups in total. The first-order chi connectivity index (χ1) is 10.6. The molecular weight excluding hydrogens is 286 g/mol. The molecule has 0 aliphatic heterocycles. The molecule has 0 aliphatic carbocycles. The minimum absolute atomic E-state index is 0.318. The van der Waals surface area contributed by atoms with Crippen LogP contribution in [-0.4, -0.2) is 17.0 Å².